The van der Waals surface area contributed by atoms with Gasteiger partial charge in [-0.05, 0) is 50.4 Å². The first-order valence-corrected chi connectivity index (χ1v) is 14.3. The van der Waals surface area contributed by atoms with Crippen LogP contribution < -0.4 is 14.5 Å². The molecule has 41 heavy (non-hydrogen) atoms. The lowest BCUT2D eigenvalue weighted by Crippen LogP contribution is -2.56. The third-order valence-corrected chi connectivity index (χ3v) is 8.66. The van der Waals surface area contributed by atoms with Gasteiger partial charge in [0.25, 0.3) is 0 Å². The van der Waals surface area contributed by atoms with Gasteiger partial charge in [0.1, 0.15) is 18.5 Å². The van der Waals surface area contributed by atoms with Crippen LogP contribution in [0.5, 0.6) is 6.01 Å². The molecule has 2 fully saturated rings. The second-order valence-corrected chi connectivity index (χ2v) is 11.1. The van der Waals surface area contributed by atoms with Crippen LogP contribution in [0.15, 0.2) is 55.0 Å². The molecular formula is C32H37N7O2. The number of likely N-dealkylation sites (N-methyl/N-ethyl adjacent to an activating group) is 1. The van der Waals surface area contributed by atoms with Crippen molar-refractivity contribution in [2.24, 2.45) is 0 Å². The fourth-order valence-corrected chi connectivity index (χ4v) is 6.41. The number of ether oxygens (including phenoxy) is 1. The molecule has 9 nitrogen and oxygen atoms in total. The number of fused-ring (bicyclic) bond motifs is 2. The number of piperazine rings is 1. The number of hydrogen-bond acceptors (Lipinski definition) is 7. The topological polar surface area (TPSA) is 69.4 Å². The van der Waals surface area contributed by atoms with Crippen molar-refractivity contribution in [2.45, 2.75) is 37.9 Å². The number of carbonyl (C=O) groups is 1. The maximum atomic E-state index is 12.9. The first kappa shape index (κ1) is 23.5. The smallest absolute Gasteiger partial charge is 0.318 e. The number of amides is 1. The summed E-state index contributed by atoms with van der Waals surface area (Å²) >= 11 is 0. The predicted octanol–water partition coefficient (Wildman–Crippen LogP) is 3.79. The average molecular weight is 555 g/mol. The SMILES string of the molecule is [2H]C([2H])=C([2H])C(=O)N1CCN(c2nc(OC[C@@H]3CCCN3C)nc3c2CCN(c2cccc4ccccc24)C3)C[C@@H]1C[N+]#[C-]. The van der Waals surface area contributed by atoms with Crippen LogP contribution in [0.4, 0.5) is 11.5 Å². The molecule has 2 atom stereocenters. The van der Waals surface area contributed by atoms with Crippen LogP contribution in [0.1, 0.15) is 28.2 Å². The third-order valence-electron chi connectivity index (χ3n) is 8.66. The van der Waals surface area contributed by atoms with E-state index in [0.717, 1.165) is 55.1 Å². The molecular weight excluding hydrogens is 514 g/mol. The highest BCUT2D eigenvalue weighted by atomic mass is 16.5. The predicted molar refractivity (Wildman–Crippen MR) is 161 cm³/mol. The first-order chi connectivity index (χ1) is 21.3. The van der Waals surface area contributed by atoms with E-state index in [2.05, 4.69) is 69.1 Å². The number of aromatic nitrogens is 2. The van der Waals surface area contributed by atoms with Crippen molar-refractivity contribution in [2.75, 3.05) is 62.7 Å². The van der Waals surface area contributed by atoms with E-state index in [-0.39, 0.29) is 13.1 Å². The quantitative estimate of drug-likeness (QED) is 0.325. The van der Waals surface area contributed by atoms with Gasteiger partial charge in [0.15, 0.2) is 0 Å². The van der Waals surface area contributed by atoms with Gasteiger partial charge in [-0.15, -0.1) is 0 Å². The Bertz CT molecular complexity index is 1620. The average Bonchev–Trinajstić information content (AvgIpc) is 3.46. The van der Waals surface area contributed by atoms with Crippen molar-refractivity contribution in [1.82, 2.24) is 19.8 Å². The normalized spacial score (nSPS) is 22.0. The Labute approximate surface area is 246 Å². The second kappa shape index (κ2) is 11.8. The summed E-state index contributed by atoms with van der Waals surface area (Å²) in [6.45, 7) is 10.8. The fraction of sp³-hybridized carbons (Fsp3) is 0.438. The number of hydrogen-bond donors (Lipinski definition) is 0. The van der Waals surface area contributed by atoms with Gasteiger partial charge >= 0.3 is 6.01 Å². The van der Waals surface area contributed by atoms with Gasteiger partial charge in [0, 0.05) is 48.9 Å². The number of rotatable bonds is 7. The lowest BCUT2D eigenvalue weighted by atomic mass is 10.0. The van der Waals surface area contributed by atoms with Gasteiger partial charge in [-0.2, -0.15) is 9.97 Å². The second-order valence-electron chi connectivity index (χ2n) is 11.1. The molecule has 0 radical (unpaired) electrons. The van der Waals surface area contributed by atoms with Crippen molar-refractivity contribution in [1.29, 1.82) is 0 Å². The molecule has 4 heterocycles. The summed E-state index contributed by atoms with van der Waals surface area (Å²) in [5.41, 5.74) is 3.12. The van der Waals surface area contributed by atoms with Gasteiger partial charge in [0.05, 0.1) is 16.4 Å². The maximum Gasteiger partial charge on any atom is 0.318 e. The monoisotopic (exact) mass is 554 g/mol. The minimum atomic E-state index is -0.825. The highest BCUT2D eigenvalue weighted by Crippen LogP contribution is 2.35. The Morgan fingerprint density at radius 1 is 1.17 bits per heavy atom. The zero-order valence-corrected chi connectivity index (χ0v) is 23.4. The highest BCUT2D eigenvalue weighted by Gasteiger charge is 2.35. The zero-order valence-electron chi connectivity index (χ0n) is 26.4. The van der Waals surface area contributed by atoms with Gasteiger partial charge in [-0.25, -0.2) is 6.57 Å². The van der Waals surface area contributed by atoms with Crippen molar-refractivity contribution in [3.8, 4) is 6.01 Å². The minimum Gasteiger partial charge on any atom is -0.462 e. The first-order valence-electron chi connectivity index (χ1n) is 15.8. The summed E-state index contributed by atoms with van der Waals surface area (Å²) in [5.74, 6) is 0.0891. The molecule has 3 aromatic rings. The van der Waals surface area contributed by atoms with Gasteiger partial charge in [-0.3, -0.25) is 4.79 Å². The summed E-state index contributed by atoms with van der Waals surface area (Å²) in [7, 11) is 2.11. The van der Waals surface area contributed by atoms with Crippen molar-refractivity contribution >= 4 is 28.2 Å². The van der Waals surface area contributed by atoms with E-state index in [0.29, 0.717) is 38.3 Å². The summed E-state index contributed by atoms with van der Waals surface area (Å²) in [5, 5.41) is 2.39. The van der Waals surface area contributed by atoms with E-state index >= 15 is 0 Å². The Kier molecular flexibility index (Phi) is 6.75. The third kappa shape index (κ3) is 5.44. The molecule has 6 rings (SSSR count). The molecule has 9 heteroatoms. The largest absolute Gasteiger partial charge is 0.462 e. The van der Waals surface area contributed by atoms with E-state index in [9.17, 15) is 4.79 Å². The molecule has 0 spiro atoms. The van der Waals surface area contributed by atoms with Gasteiger partial charge in [-0.1, -0.05) is 42.9 Å². The molecule has 2 aromatic carbocycles. The highest BCUT2D eigenvalue weighted by molar-refractivity contribution is 5.94. The number of likely N-dealkylation sites (tertiary alicyclic amines) is 1. The molecule has 3 aliphatic rings. The zero-order chi connectivity index (χ0) is 30.8. The Hall–Kier alpha value is -4.16. The molecule has 0 unspecified atom stereocenters. The number of nitrogens with zero attached hydrogens (tertiary/aromatic N) is 7. The van der Waals surface area contributed by atoms with Crippen LogP contribution in [-0.4, -0.2) is 90.7 Å². The Morgan fingerprint density at radius 3 is 2.88 bits per heavy atom. The summed E-state index contributed by atoms with van der Waals surface area (Å²) < 4.78 is 29.1. The van der Waals surface area contributed by atoms with Gasteiger partial charge < -0.3 is 29.2 Å². The molecule has 212 valence electrons. The molecule has 0 saturated carbocycles. The van der Waals surface area contributed by atoms with E-state index in [4.69, 9.17) is 25.4 Å². The summed E-state index contributed by atoms with van der Waals surface area (Å²) in [4.78, 5) is 34.6. The van der Waals surface area contributed by atoms with Crippen molar-refractivity contribution in [3.05, 3.63) is 77.7 Å². The van der Waals surface area contributed by atoms with Crippen LogP contribution in [0.2, 0.25) is 0 Å². The number of anilines is 2. The Balaban J connectivity index is 1.32. The van der Waals surface area contributed by atoms with Gasteiger partial charge in [0.2, 0.25) is 12.5 Å². The molecule has 1 amide bonds. The fourth-order valence-electron chi connectivity index (χ4n) is 6.41. The molecule has 3 aliphatic heterocycles. The molecule has 0 aliphatic carbocycles. The molecule has 1 aromatic heterocycles. The van der Waals surface area contributed by atoms with Crippen LogP contribution >= 0.6 is 0 Å². The van der Waals surface area contributed by atoms with Crippen molar-refractivity contribution in [3.63, 3.8) is 0 Å². The van der Waals surface area contributed by atoms with Crippen molar-refractivity contribution < 1.29 is 13.6 Å². The Morgan fingerprint density at radius 2 is 2.05 bits per heavy atom. The van der Waals surface area contributed by atoms with Crippen LogP contribution in [-0.2, 0) is 17.8 Å². The lowest BCUT2D eigenvalue weighted by Gasteiger charge is -2.41. The summed E-state index contributed by atoms with van der Waals surface area (Å²) in [6.07, 6.45) is 2.94. The van der Waals surface area contributed by atoms with Crippen LogP contribution in [0.3, 0.4) is 0 Å². The lowest BCUT2D eigenvalue weighted by molar-refractivity contribution is -0.128. The number of carbonyl (C=O) groups excluding carboxylic acids is 1. The van der Waals surface area contributed by atoms with Crippen LogP contribution in [0.25, 0.3) is 15.6 Å². The van der Waals surface area contributed by atoms with E-state index in [1.807, 2.05) is 0 Å². The molecule has 2 saturated heterocycles. The minimum absolute atomic E-state index is 0.0559. The van der Waals surface area contributed by atoms with E-state index < -0.39 is 24.5 Å². The van der Waals surface area contributed by atoms with E-state index in [1.54, 1.807) is 0 Å². The summed E-state index contributed by atoms with van der Waals surface area (Å²) in [6, 6.07) is 14.3. The molecule has 0 N–H and O–H groups in total. The maximum absolute atomic E-state index is 12.9. The number of benzene rings is 2. The standard InChI is InChI=1S/C32H37N7O2/c1-4-30(40)39-18-17-38(20-25(39)19-33-2)31-27-14-16-37(29-13-7-10-23-9-5-6-12-26(23)29)21-28(27)34-32(35-31)41-22-24-11-8-15-36(24)3/h4-7,9-10,12-13,24-25H,1,8,11,14-22H2,3H3/t24-,25-/m0/s1/i1D2,4D. The van der Waals surface area contributed by atoms with E-state index in [1.165, 1.54) is 15.7 Å². The van der Waals surface area contributed by atoms with Crippen LogP contribution in [0, 0.1) is 6.57 Å². The molecule has 0 bridgehead atoms.